The molecule has 3 aromatic carbocycles. The average Bonchev–Trinajstić information content (AvgIpc) is 3.40. The summed E-state index contributed by atoms with van der Waals surface area (Å²) in [5.74, 6) is 0.519. The number of halogens is 1. The molecule has 1 N–H and O–H groups in total. The average molecular weight is 495 g/mol. The summed E-state index contributed by atoms with van der Waals surface area (Å²) in [4.78, 5) is 29.8. The Kier molecular flexibility index (Phi) is 5.70. The Balaban J connectivity index is 1.58. The van der Waals surface area contributed by atoms with E-state index in [2.05, 4.69) is 5.32 Å². The quantitative estimate of drug-likeness (QED) is 0.328. The number of nitrogens with one attached hydrogen (secondary N) is 1. The standard InChI is InChI=1S/C30H23ClN2O3/c31-22-14-12-19(13-15-22)29-28-24(17-21(18-26(28)34)27-11-6-16-36-27)32-23-9-4-5-10-25(23)33(29)30(35)20-7-2-1-3-8-20/h1-16,21,29,32H,17-18H2/t21-,29-/m1/s1. The molecule has 1 amide bonds. The minimum atomic E-state index is -0.619. The lowest BCUT2D eigenvalue weighted by Crippen LogP contribution is -2.38. The van der Waals surface area contributed by atoms with Crippen LogP contribution in [0.15, 0.2) is 113 Å². The minimum Gasteiger partial charge on any atom is -0.469 e. The number of furan rings is 1. The fourth-order valence-electron chi connectivity index (χ4n) is 5.22. The van der Waals surface area contributed by atoms with E-state index in [1.54, 1.807) is 35.4 Å². The molecular weight excluding hydrogens is 472 g/mol. The zero-order chi connectivity index (χ0) is 24.6. The highest BCUT2D eigenvalue weighted by atomic mass is 35.5. The molecule has 6 heteroatoms. The zero-order valence-corrected chi connectivity index (χ0v) is 20.1. The Morgan fingerprint density at radius 1 is 0.889 bits per heavy atom. The van der Waals surface area contributed by atoms with Crippen molar-refractivity contribution in [1.82, 2.24) is 0 Å². The van der Waals surface area contributed by atoms with Gasteiger partial charge in [0.1, 0.15) is 5.76 Å². The molecule has 1 aliphatic heterocycles. The fraction of sp³-hybridized carbons (Fsp3) is 0.133. The Morgan fingerprint density at radius 3 is 2.39 bits per heavy atom. The van der Waals surface area contributed by atoms with Gasteiger partial charge >= 0.3 is 0 Å². The number of allylic oxidation sites excluding steroid dienone is 1. The number of rotatable bonds is 3. The monoisotopic (exact) mass is 494 g/mol. The number of Topliss-reactive ketones (excluding diaryl/α,β-unsaturated/α-hetero) is 1. The van der Waals surface area contributed by atoms with Crippen LogP contribution in [0, 0.1) is 0 Å². The van der Waals surface area contributed by atoms with Crippen molar-refractivity contribution < 1.29 is 14.0 Å². The second-order valence-electron chi connectivity index (χ2n) is 9.07. The molecule has 0 saturated heterocycles. The van der Waals surface area contributed by atoms with Gasteiger partial charge in [-0.15, -0.1) is 0 Å². The van der Waals surface area contributed by atoms with Crippen molar-refractivity contribution in [3.8, 4) is 0 Å². The highest BCUT2D eigenvalue weighted by Gasteiger charge is 2.42. The van der Waals surface area contributed by atoms with E-state index in [0.717, 1.165) is 22.7 Å². The van der Waals surface area contributed by atoms with Crippen LogP contribution in [0.25, 0.3) is 0 Å². The van der Waals surface area contributed by atoms with E-state index in [-0.39, 0.29) is 17.6 Å². The van der Waals surface area contributed by atoms with Gasteiger partial charge < -0.3 is 9.73 Å². The summed E-state index contributed by atoms with van der Waals surface area (Å²) in [7, 11) is 0. The third-order valence-corrected chi connectivity index (χ3v) is 7.11. The summed E-state index contributed by atoms with van der Waals surface area (Å²) in [5.41, 5.74) is 4.26. The van der Waals surface area contributed by atoms with E-state index >= 15 is 0 Å². The lowest BCUT2D eigenvalue weighted by molar-refractivity contribution is -0.116. The molecule has 178 valence electrons. The lowest BCUT2D eigenvalue weighted by Gasteiger charge is -2.35. The summed E-state index contributed by atoms with van der Waals surface area (Å²) in [6.45, 7) is 0. The van der Waals surface area contributed by atoms with Crippen molar-refractivity contribution in [1.29, 1.82) is 0 Å². The molecule has 2 aliphatic rings. The fourth-order valence-corrected chi connectivity index (χ4v) is 5.34. The predicted molar refractivity (Wildman–Crippen MR) is 140 cm³/mol. The number of hydrogen-bond donors (Lipinski definition) is 1. The topological polar surface area (TPSA) is 62.6 Å². The number of carbonyl (C=O) groups excluding carboxylic acids is 2. The Labute approximate surface area is 214 Å². The van der Waals surface area contributed by atoms with Crippen LogP contribution < -0.4 is 10.2 Å². The SMILES string of the molecule is O=C1C[C@H](c2ccco2)CC2=C1[C@@H](c1ccc(Cl)cc1)N(C(=O)c1ccccc1)c1ccccc1N2. The number of fused-ring (bicyclic) bond motifs is 1. The number of amides is 1. The Bertz CT molecular complexity index is 1460. The first-order chi connectivity index (χ1) is 17.6. The van der Waals surface area contributed by atoms with E-state index in [0.29, 0.717) is 34.7 Å². The largest absolute Gasteiger partial charge is 0.469 e. The maximum absolute atomic E-state index is 14.1. The second kappa shape index (κ2) is 9.17. The van der Waals surface area contributed by atoms with Crippen molar-refractivity contribution in [2.24, 2.45) is 0 Å². The van der Waals surface area contributed by atoms with Gasteiger partial charge in [-0.25, -0.2) is 0 Å². The first-order valence-corrected chi connectivity index (χ1v) is 12.3. The third-order valence-electron chi connectivity index (χ3n) is 6.86. The smallest absolute Gasteiger partial charge is 0.259 e. The third kappa shape index (κ3) is 3.91. The summed E-state index contributed by atoms with van der Waals surface area (Å²) < 4.78 is 5.66. The molecule has 1 aromatic heterocycles. The van der Waals surface area contributed by atoms with E-state index in [1.165, 1.54) is 0 Å². The number of anilines is 2. The molecule has 0 unspecified atom stereocenters. The maximum atomic E-state index is 14.1. The molecule has 1 aliphatic carbocycles. The molecule has 6 rings (SSSR count). The molecule has 0 fully saturated rings. The number of benzene rings is 3. The summed E-state index contributed by atoms with van der Waals surface area (Å²) in [5, 5.41) is 4.12. The van der Waals surface area contributed by atoms with Gasteiger partial charge in [-0.1, -0.05) is 54.1 Å². The Hall–Kier alpha value is -4.09. The molecule has 36 heavy (non-hydrogen) atoms. The molecular formula is C30H23ClN2O3. The van der Waals surface area contributed by atoms with Crippen molar-refractivity contribution in [3.05, 3.63) is 130 Å². The number of hydrogen-bond acceptors (Lipinski definition) is 4. The highest BCUT2D eigenvalue weighted by Crippen LogP contribution is 2.47. The van der Waals surface area contributed by atoms with Gasteiger partial charge in [-0.2, -0.15) is 0 Å². The molecule has 0 bridgehead atoms. The first kappa shape index (κ1) is 22.4. The van der Waals surface area contributed by atoms with Crippen LogP contribution in [-0.4, -0.2) is 11.7 Å². The van der Waals surface area contributed by atoms with Gasteiger partial charge in [0, 0.05) is 34.2 Å². The van der Waals surface area contributed by atoms with E-state index in [9.17, 15) is 9.59 Å². The molecule has 2 heterocycles. The first-order valence-electron chi connectivity index (χ1n) is 11.9. The summed E-state index contributed by atoms with van der Waals surface area (Å²) >= 11 is 6.22. The van der Waals surface area contributed by atoms with E-state index in [4.69, 9.17) is 16.0 Å². The maximum Gasteiger partial charge on any atom is 0.259 e. The van der Waals surface area contributed by atoms with Crippen LogP contribution in [-0.2, 0) is 4.79 Å². The number of carbonyl (C=O) groups is 2. The summed E-state index contributed by atoms with van der Waals surface area (Å²) in [6, 6.07) is 27.4. The van der Waals surface area contributed by atoms with Gasteiger partial charge in [0.2, 0.25) is 0 Å². The van der Waals surface area contributed by atoms with Crippen LogP contribution in [0.5, 0.6) is 0 Å². The molecule has 2 atom stereocenters. The molecule has 0 radical (unpaired) electrons. The van der Waals surface area contributed by atoms with Crippen molar-refractivity contribution in [2.75, 3.05) is 10.2 Å². The second-order valence-corrected chi connectivity index (χ2v) is 9.51. The van der Waals surface area contributed by atoms with Gasteiger partial charge in [-0.3, -0.25) is 14.5 Å². The van der Waals surface area contributed by atoms with Gasteiger partial charge in [-0.05, 0) is 60.5 Å². The summed E-state index contributed by atoms with van der Waals surface area (Å²) in [6.07, 6.45) is 2.54. The highest BCUT2D eigenvalue weighted by molar-refractivity contribution is 6.30. The van der Waals surface area contributed by atoms with Crippen LogP contribution >= 0.6 is 11.6 Å². The van der Waals surface area contributed by atoms with Crippen LogP contribution in [0.3, 0.4) is 0 Å². The zero-order valence-electron chi connectivity index (χ0n) is 19.4. The van der Waals surface area contributed by atoms with E-state index < -0.39 is 6.04 Å². The van der Waals surface area contributed by atoms with E-state index in [1.807, 2.05) is 66.7 Å². The van der Waals surface area contributed by atoms with Crippen molar-refractivity contribution >= 4 is 34.7 Å². The van der Waals surface area contributed by atoms with Crippen LogP contribution in [0.2, 0.25) is 5.02 Å². The minimum absolute atomic E-state index is 0.0104. The number of nitrogens with zero attached hydrogens (tertiary/aromatic N) is 1. The number of para-hydroxylation sites is 2. The Morgan fingerprint density at radius 2 is 1.64 bits per heavy atom. The molecule has 0 saturated carbocycles. The van der Waals surface area contributed by atoms with Crippen molar-refractivity contribution in [2.45, 2.75) is 24.8 Å². The normalized spacial score (nSPS) is 19.2. The molecule has 4 aromatic rings. The molecule has 5 nitrogen and oxygen atoms in total. The van der Waals surface area contributed by atoms with Gasteiger partial charge in [0.05, 0.1) is 23.7 Å². The van der Waals surface area contributed by atoms with Crippen LogP contribution in [0.1, 0.15) is 46.5 Å². The van der Waals surface area contributed by atoms with Crippen molar-refractivity contribution in [3.63, 3.8) is 0 Å². The van der Waals surface area contributed by atoms with Gasteiger partial charge in [0.15, 0.2) is 5.78 Å². The molecule has 0 spiro atoms. The van der Waals surface area contributed by atoms with Crippen LogP contribution in [0.4, 0.5) is 11.4 Å². The predicted octanol–water partition coefficient (Wildman–Crippen LogP) is 7.15. The lowest BCUT2D eigenvalue weighted by atomic mass is 9.80. The number of ketones is 1. The van der Waals surface area contributed by atoms with Gasteiger partial charge in [0.25, 0.3) is 5.91 Å².